The molecule has 0 aliphatic rings. The van der Waals surface area contributed by atoms with Crippen LogP contribution in [-0.4, -0.2) is 5.91 Å². The highest BCUT2D eigenvalue weighted by Gasteiger charge is 2.14. The van der Waals surface area contributed by atoms with Gasteiger partial charge in [-0.15, -0.1) is 0 Å². The molecule has 0 aliphatic carbocycles. The predicted octanol–water partition coefficient (Wildman–Crippen LogP) is 6.18. The van der Waals surface area contributed by atoms with Crippen LogP contribution in [0.2, 0.25) is 10.0 Å². The van der Waals surface area contributed by atoms with Crippen LogP contribution in [0, 0.1) is 0 Å². The molecule has 132 valence electrons. The summed E-state index contributed by atoms with van der Waals surface area (Å²) in [6.45, 7) is 8.51. The molecule has 0 fully saturated rings. The van der Waals surface area contributed by atoms with Crippen molar-refractivity contribution in [2.75, 3.05) is 0 Å². The molecule has 2 aromatic rings. The first-order valence-corrected chi connectivity index (χ1v) is 8.96. The Balaban J connectivity index is 2.01. The summed E-state index contributed by atoms with van der Waals surface area (Å²) in [6.07, 6.45) is 3.17. The average molecular weight is 376 g/mol. The number of rotatable bonds is 4. The molecule has 0 aromatic heterocycles. The van der Waals surface area contributed by atoms with Gasteiger partial charge in [-0.1, -0.05) is 74.3 Å². The van der Waals surface area contributed by atoms with Crippen molar-refractivity contribution in [1.82, 2.24) is 5.32 Å². The Morgan fingerprint density at radius 3 is 2.28 bits per heavy atom. The smallest absolute Gasteiger partial charge is 0.244 e. The number of carbonyl (C=O) groups is 1. The van der Waals surface area contributed by atoms with Crippen molar-refractivity contribution < 1.29 is 4.79 Å². The monoisotopic (exact) mass is 375 g/mol. The molecule has 2 nitrogen and oxygen atoms in total. The van der Waals surface area contributed by atoms with Gasteiger partial charge >= 0.3 is 0 Å². The van der Waals surface area contributed by atoms with Crippen molar-refractivity contribution in [2.45, 2.75) is 39.2 Å². The fraction of sp³-hybridized carbons (Fsp3) is 0.286. The summed E-state index contributed by atoms with van der Waals surface area (Å²) >= 11 is 12.0. The molecular weight excluding hydrogens is 353 g/mol. The third-order valence-corrected chi connectivity index (χ3v) is 4.57. The van der Waals surface area contributed by atoms with Crippen LogP contribution in [0.15, 0.2) is 48.5 Å². The third kappa shape index (κ3) is 5.62. The Hall–Kier alpha value is -1.77. The fourth-order valence-electron chi connectivity index (χ4n) is 2.42. The van der Waals surface area contributed by atoms with E-state index in [1.165, 1.54) is 11.6 Å². The van der Waals surface area contributed by atoms with Crippen LogP contribution in [0.5, 0.6) is 0 Å². The number of nitrogens with one attached hydrogen (secondary N) is 1. The van der Waals surface area contributed by atoms with E-state index in [4.69, 9.17) is 23.2 Å². The van der Waals surface area contributed by atoms with Gasteiger partial charge in [-0.05, 0) is 47.2 Å². The van der Waals surface area contributed by atoms with Crippen LogP contribution in [0.1, 0.15) is 50.4 Å². The maximum Gasteiger partial charge on any atom is 0.244 e. The molecule has 0 aliphatic heterocycles. The quantitative estimate of drug-likeness (QED) is 0.634. The lowest BCUT2D eigenvalue weighted by molar-refractivity contribution is -0.117. The molecule has 1 atom stereocenters. The number of hydrogen-bond acceptors (Lipinski definition) is 1. The number of amides is 1. The normalized spacial score (nSPS) is 13.0. The maximum absolute atomic E-state index is 12.1. The Morgan fingerprint density at radius 2 is 1.72 bits per heavy atom. The Labute approximate surface area is 159 Å². The van der Waals surface area contributed by atoms with Gasteiger partial charge in [-0.3, -0.25) is 4.79 Å². The molecule has 1 amide bonds. The summed E-state index contributed by atoms with van der Waals surface area (Å²) in [6, 6.07) is 13.4. The molecule has 0 saturated carbocycles. The van der Waals surface area contributed by atoms with E-state index in [0.29, 0.717) is 10.0 Å². The number of halogens is 2. The second kappa shape index (κ2) is 8.07. The first-order valence-electron chi connectivity index (χ1n) is 8.21. The summed E-state index contributed by atoms with van der Waals surface area (Å²) in [4.78, 5) is 12.1. The van der Waals surface area contributed by atoms with E-state index in [1.54, 1.807) is 24.3 Å². The minimum atomic E-state index is -0.168. The predicted molar refractivity (Wildman–Crippen MR) is 107 cm³/mol. The number of hydrogen-bond donors (Lipinski definition) is 1. The zero-order valence-electron chi connectivity index (χ0n) is 14.9. The van der Waals surface area contributed by atoms with E-state index in [2.05, 4.69) is 50.4 Å². The van der Waals surface area contributed by atoms with Gasteiger partial charge in [-0.2, -0.15) is 0 Å². The molecule has 2 aromatic carbocycles. The van der Waals surface area contributed by atoms with Crippen molar-refractivity contribution >= 4 is 35.2 Å². The third-order valence-electron chi connectivity index (χ3n) is 4.01. The van der Waals surface area contributed by atoms with Crippen LogP contribution < -0.4 is 5.32 Å². The van der Waals surface area contributed by atoms with E-state index in [0.717, 1.165) is 11.1 Å². The highest BCUT2D eigenvalue weighted by Crippen LogP contribution is 2.24. The summed E-state index contributed by atoms with van der Waals surface area (Å²) < 4.78 is 0. The molecule has 0 heterocycles. The first kappa shape index (κ1) is 19.6. The lowest BCUT2D eigenvalue weighted by Gasteiger charge is -2.20. The lowest BCUT2D eigenvalue weighted by Crippen LogP contribution is -2.24. The molecule has 4 heteroatoms. The molecule has 0 saturated heterocycles. The first-order chi connectivity index (χ1) is 11.7. The molecule has 0 spiro atoms. The standard InChI is InChI=1S/C21H23Cl2NO/c1-14(15-5-9-17(10-6-15)21(2,3)4)24-20(25)12-8-16-7-11-18(22)13-19(16)23/h5-14H,1-4H3,(H,24,25)/b12-8+/t14-/m0/s1. The number of carbonyl (C=O) groups excluding carboxylic acids is 1. The van der Waals surface area contributed by atoms with Crippen molar-refractivity contribution in [3.63, 3.8) is 0 Å². The Kier molecular flexibility index (Phi) is 6.31. The summed E-state index contributed by atoms with van der Waals surface area (Å²) in [5.74, 6) is -0.168. The van der Waals surface area contributed by atoms with Crippen molar-refractivity contribution in [1.29, 1.82) is 0 Å². The second-order valence-electron chi connectivity index (χ2n) is 7.10. The Bertz CT molecular complexity index is 773. The van der Waals surface area contributed by atoms with E-state index in [-0.39, 0.29) is 17.4 Å². The minimum absolute atomic E-state index is 0.0770. The van der Waals surface area contributed by atoms with Gasteiger partial charge < -0.3 is 5.32 Å². The summed E-state index contributed by atoms with van der Waals surface area (Å²) in [5.41, 5.74) is 3.21. The zero-order valence-corrected chi connectivity index (χ0v) is 16.4. The highest BCUT2D eigenvalue weighted by atomic mass is 35.5. The van der Waals surface area contributed by atoms with Crippen molar-refractivity contribution in [3.8, 4) is 0 Å². The van der Waals surface area contributed by atoms with Gasteiger partial charge in [0.1, 0.15) is 0 Å². The molecule has 0 radical (unpaired) electrons. The molecule has 25 heavy (non-hydrogen) atoms. The van der Waals surface area contributed by atoms with Crippen LogP contribution in [0.25, 0.3) is 6.08 Å². The van der Waals surface area contributed by atoms with Gasteiger partial charge in [0.05, 0.1) is 6.04 Å². The molecule has 0 unspecified atom stereocenters. The number of benzene rings is 2. The topological polar surface area (TPSA) is 29.1 Å². The van der Waals surface area contributed by atoms with E-state index in [1.807, 2.05) is 6.92 Å². The molecule has 1 N–H and O–H groups in total. The molecule has 2 rings (SSSR count). The zero-order chi connectivity index (χ0) is 18.6. The molecular formula is C21H23Cl2NO. The van der Waals surface area contributed by atoms with E-state index < -0.39 is 0 Å². The van der Waals surface area contributed by atoms with Gasteiger partial charge in [0, 0.05) is 16.1 Å². The van der Waals surface area contributed by atoms with Crippen LogP contribution in [0.4, 0.5) is 0 Å². The minimum Gasteiger partial charge on any atom is -0.346 e. The van der Waals surface area contributed by atoms with Crippen molar-refractivity contribution in [3.05, 3.63) is 75.3 Å². The van der Waals surface area contributed by atoms with Crippen LogP contribution >= 0.6 is 23.2 Å². The Morgan fingerprint density at radius 1 is 1.08 bits per heavy atom. The van der Waals surface area contributed by atoms with E-state index in [9.17, 15) is 4.79 Å². The largest absolute Gasteiger partial charge is 0.346 e. The summed E-state index contributed by atoms with van der Waals surface area (Å²) in [7, 11) is 0. The van der Waals surface area contributed by atoms with Gasteiger partial charge in [-0.25, -0.2) is 0 Å². The maximum atomic E-state index is 12.1. The van der Waals surface area contributed by atoms with Gasteiger partial charge in [0.25, 0.3) is 0 Å². The fourth-order valence-corrected chi connectivity index (χ4v) is 2.89. The van der Waals surface area contributed by atoms with Crippen LogP contribution in [-0.2, 0) is 10.2 Å². The van der Waals surface area contributed by atoms with Crippen molar-refractivity contribution in [2.24, 2.45) is 0 Å². The van der Waals surface area contributed by atoms with Crippen LogP contribution in [0.3, 0.4) is 0 Å². The van der Waals surface area contributed by atoms with Gasteiger partial charge in [0.2, 0.25) is 5.91 Å². The van der Waals surface area contributed by atoms with E-state index >= 15 is 0 Å². The van der Waals surface area contributed by atoms with Gasteiger partial charge in [0.15, 0.2) is 0 Å². The second-order valence-corrected chi connectivity index (χ2v) is 7.95. The summed E-state index contributed by atoms with van der Waals surface area (Å²) in [5, 5.41) is 4.05. The molecule has 0 bridgehead atoms. The SMILES string of the molecule is C[C@H](NC(=O)/C=C/c1ccc(Cl)cc1Cl)c1ccc(C(C)(C)C)cc1. The average Bonchev–Trinajstić information content (AvgIpc) is 2.53. The lowest BCUT2D eigenvalue weighted by atomic mass is 9.86. The highest BCUT2D eigenvalue weighted by molar-refractivity contribution is 6.35.